The largest absolute Gasteiger partial charge is 0.390 e. The van der Waals surface area contributed by atoms with Crippen LogP contribution in [0.3, 0.4) is 0 Å². The summed E-state index contributed by atoms with van der Waals surface area (Å²) in [7, 11) is 0. The Balaban J connectivity index is 1.58. The molecule has 1 aliphatic rings. The van der Waals surface area contributed by atoms with E-state index in [0.29, 0.717) is 31.2 Å². The van der Waals surface area contributed by atoms with Crippen molar-refractivity contribution in [3.8, 4) is 0 Å². The van der Waals surface area contributed by atoms with E-state index in [0.717, 1.165) is 11.3 Å². The number of oxime groups is 1. The molecule has 0 N–H and O–H groups in total. The summed E-state index contributed by atoms with van der Waals surface area (Å²) in [5, 5.41) is 6.15. The molecule has 0 fully saturated rings. The van der Waals surface area contributed by atoms with E-state index < -0.39 is 0 Å². The second-order valence-electron chi connectivity index (χ2n) is 6.59. The minimum Gasteiger partial charge on any atom is -0.390 e. The van der Waals surface area contributed by atoms with Gasteiger partial charge in [-0.2, -0.15) is 0 Å². The zero-order valence-corrected chi connectivity index (χ0v) is 18.4. The number of benzene rings is 3. The Morgan fingerprint density at radius 3 is 2.13 bits per heavy atom. The fourth-order valence-electron chi connectivity index (χ4n) is 3.13. The number of halogens is 4. The minimum absolute atomic E-state index is 0.109. The maximum absolute atomic E-state index is 13.1. The lowest BCUT2D eigenvalue weighted by molar-refractivity contribution is -0.112. The van der Waals surface area contributed by atoms with Gasteiger partial charge in [0.05, 0.1) is 12.2 Å². The van der Waals surface area contributed by atoms with Crippen molar-refractivity contribution in [1.29, 1.82) is 0 Å². The number of rotatable bonds is 5. The summed E-state index contributed by atoms with van der Waals surface area (Å²) in [6, 6.07) is 17.7. The standard InChI is InChI=1S/C22H14Cl4N2O2/c23-15-7-5-13(18(25)9-15)11-28-20-4-2-1-3-17(20)21(22(28)29)27-30-12-14-6-8-16(24)10-19(14)26/h1-10H,11-12H2/b27-21-. The zero-order valence-electron chi connectivity index (χ0n) is 15.4. The summed E-state index contributed by atoms with van der Waals surface area (Å²) in [5.74, 6) is -0.274. The quantitative estimate of drug-likeness (QED) is 0.379. The van der Waals surface area contributed by atoms with Crippen LogP contribution in [-0.4, -0.2) is 11.6 Å². The van der Waals surface area contributed by atoms with Gasteiger partial charge >= 0.3 is 0 Å². The van der Waals surface area contributed by atoms with Crippen LogP contribution in [0.15, 0.2) is 65.8 Å². The number of amides is 1. The Bertz CT molecular complexity index is 1160. The Morgan fingerprint density at radius 2 is 1.47 bits per heavy atom. The first-order chi connectivity index (χ1) is 14.4. The monoisotopic (exact) mass is 478 g/mol. The van der Waals surface area contributed by atoms with E-state index in [9.17, 15) is 4.79 Å². The zero-order chi connectivity index (χ0) is 21.3. The third-order valence-electron chi connectivity index (χ3n) is 4.63. The highest BCUT2D eigenvalue weighted by Gasteiger charge is 2.34. The molecule has 0 radical (unpaired) electrons. The number of hydrogen-bond acceptors (Lipinski definition) is 3. The number of carbonyl (C=O) groups is 1. The molecule has 1 heterocycles. The van der Waals surface area contributed by atoms with Crippen molar-refractivity contribution in [2.75, 3.05) is 4.90 Å². The highest BCUT2D eigenvalue weighted by atomic mass is 35.5. The van der Waals surface area contributed by atoms with Crippen LogP contribution in [0.1, 0.15) is 16.7 Å². The topological polar surface area (TPSA) is 41.9 Å². The van der Waals surface area contributed by atoms with Crippen LogP contribution in [0.25, 0.3) is 0 Å². The van der Waals surface area contributed by atoms with Gasteiger partial charge in [-0.05, 0) is 35.9 Å². The average Bonchev–Trinajstić information content (AvgIpc) is 2.97. The first kappa shape index (κ1) is 21.0. The molecule has 3 aromatic rings. The highest BCUT2D eigenvalue weighted by Crippen LogP contribution is 2.32. The lowest BCUT2D eigenvalue weighted by Crippen LogP contribution is -2.29. The fourth-order valence-corrected chi connectivity index (χ4v) is 4.06. The van der Waals surface area contributed by atoms with Crippen LogP contribution in [0.4, 0.5) is 5.69 Å². The van der Waals surface area contributed by atoms with Gasteiger partial charge in [0, 0.05) is 31.2 Å². The van der Waals surface area contributed by atoms with Crippen LogP contribution in [0.5, 0.6) is 0 Å². The molecule has 0 aliphatic carbocycles. The van der Waals surface area contributed by atoms with Crippen LogP contribution >= 0.6 is 46.4 Å². The average molecular weight is 480 g/mol. The van der Waals surface area contributed by atoms with Gasteiger partial charge in [-0.15, -0.1) is 0 Å². The van der Waals surface area contributed by atoms with Crippen molar-refractivity contribution < 1.29 is 9.63 Å². The summed E-state index contributed by atoms with van der Waals surface area (Å²) in [6.45, 7) is 0.395. The third-order valence-corrected chi connectivity index (χ3v) is 5.81. The van der Waals surface area contributed by atoms with Crippen LogP contribution in [-0.2, 0) is 22.8 Å². The third kappa shape index (κ3) is 4.28. The van der Waals surface area contributed by atoms with E-state index in [2.05, 4.69) is 5.16 Å². The van der Waals surface area contributed by atoms with Gasteiger partial charge in [0.15, 0.2) is 5.71 Å². The lowest BCUT2D eigenvalue weighted by Gasteiger charge is -2.17. The SMILES string of the molecule is O=C1/C(=N\OCc2ccc(Cl)cc2Cl)c2ccccc2N1Cc1ccc(Cl)cc1Cl. The summed E-state index contributed by atoms with van der Waals surface area (Å²) in [5.41, 5.74) is 3.14. The molecular formula is C22H14Cl4N2O2. The lowest BCUT2D eigenvalue weighted by atomic mass is 10.1. The Labute approximate surface area is 193 Å². The molecule has 1 amide bonds. The number of fused-ring (bicyclic) bond motifs is 1. The molecule has 0 spiro atoms. The number of carbonyl (C=O) groups excluding carboxylic acids is 1. The Kier molecular flexibility index (Phi) is 6.21. The van der Waals surface area contributed by atoms with Crippen LogP contribution < -0.4 is 4.90 Å². The van der Waals surface area contributed by atoms with Crippen molar-refractivity contribution in [2.45, 2.75) is 13.2 Å². The van der Waals surface area contributed by atoms with Gasteiger partial charge in [-0.1, -0.05) is 81.9 Å². The summed E-state index contributed by atoms with van der Waals surface area (Å²) >= 11 is 24.4. The predicted octanol–water partition coefficient (Wildman–Crippen LogP) is 6.77. The second-order valence-corrected chi connectivity index (χ2v) is 8.28. The molecule has 0 unspecified atom stereocenters. The molecular weight excluding hydrogens is 466 g/mol. The van der Waals surface area contributed by atoms with E-state index in [-0.39, 0.29) is 24.8 Å². The molecule has 8 heteroatoms. The van der Waals surface area contributed by atoms with Crippen LogP contribution in [0.2, 0.25) is 20.1 Å². The summed E-state index contributed by atoms with van der Waals surface area (Å²) in [4.78, 5) is 20.2. The maximum atomic E-state index is 13.1. The predicted molar refractivity (Wildman–Crippen MR) is 122 cm³/mol. The van der Waals surface area contributed by atoms with Gasteiger partial charge < -0.3 is 9.74 Å². The molecule has 0 aromatic heterocycles. The number of anilines is 1. The highest BCUT2D eigenvalue weighted by molar-refractivity contribution is 6.54. The Morgan fingerprint density at radius 1 is 0.833 bits per heavy atom. The van der Waals surface area contributed by atoms with Crippen molar-refractivity contribution in [3.63, 3.8) is 0 Å². The van der Waals surface area contributed by atoms with E-state index in [4.69, 9.17) is 51.2 Å². The number of nitrogens with zero attached hydrogens (tertiary/aromatic N) is 2. The van der Waals surface area contributed by atoms with Gasteiger partial charge in [0.1, 0.15) is 6.61 Å². The first-order valence-corrected chi connectivity index (χ1v) is 10.4. The second kappa shape index (κ2) is 8.86. The first-order valence-electron chi connectivity index (χ1n) is 8.93. The molecule has 0 bridgehead atoms. The van der Waals surface area contributed by atoms with Gasteiger partial charge in [-0.25, -0.2) is 0 Å². The molecule has 152 valence electrons. The normalized spacial score (nSPS) is 14.3. The van der Waals surface area contributed by atoms with Gasteiger partial charge in [-0.3, -0.25) is 4.79 Å². The molecule has 1 aliphatic heterocycles. The fraction of sp³-hybridized carbons (Fsp3) is 0.0909. The van der Waals surface area contributed by atoms with Crippen LogP contribution in [0, 0.1) is 0 Å². The van der Waals surface area contributed by atoms with E-state index >= 15 is 0 Å². The Hall–Kier alpha value is -2.24. The maximum Gasteiger partial charge on any atom is 0.281 e. The molecule has 0 saturated heterocycles. The van der Waals surface area contributed by atoms with E-state index in [1.54, 1.807) is 41.3 Å². The summed E-state index contributed by atoms with van der Waals surface area (Å²) < 4.78 is 0. The minimum atomic E-state index is -0.274. The molecule has 0 atom stereocenters. The van der Waals surface area contributed by atoms with Crippen molar-refractivity contribution in [3.05, 3.63) is 97.4 Å². The molecule has 30 heavy (non-hydrogen) atoms. The van der Waals surface area contributed by atoms with E-state index in [1.165, 1.54) is 0 Å². The van der Waals surface area contributed by atoms with Crippen molar-refractivity contribution in [1.82, 2.24) is 0 Å². The van der Waals surface area contributed by atoms with Gasteiger partial charge in [0.2, 0.25) is 0 Å². The smallest absolute Gasteiger partial charge is 0.281 e. The number of para-hydroxylation sites is 1. The van der Waals surface area contributed by atoms with Crippen molar-refractivity contribution >= 4 is 63.7 Å². The van der Waals surface area contributed by atoms with Gasteiger partial charge in [0.25, 0.3) is 5.91 Å². The molecule has 4 rings (SSSR count). The summed E-state index contributed by atoms with van der Waals surface area (Å²) in [6.07, 6.45) is 0. The number of hydrogen-bond donors (Lipinski definition) is 0. The molecule has 3 aromatic carbocycles. The molecule has 4 nitrogen and oxygen atoms in total. The molecule has 0 saturated carbocycles. The van der Waals surface area contributed by atoms with E-state index in [1.807, 2.05) is 24.3 Å². The van der Waals surface area contributed by atoms with Crippen molar-refractivity contribution in [2.24, 2.45) is 5.16 Å².